The van der Waals surface area contributed by atoms with Gasteiger partial charge < -0.3 is 14.0 Å². The minimum atomic E-state index is -0.525. The zero-order valence-electron chi connectivity index (χ0n) is 17.9. The van der Waals surface area contributed by atoms with Crippen molar-refractivity contribution in [2.45, 2.75) is 33.7 Å². The lowest BCUT2D eigenvalue weighted by atomic mass is 10.1. The van der Waals surface area contributed by atoms with Gasteiger partial charge in [-0.2, -0.15) is 0 Å². The van der Waals surface area contributed by atoms with Gasteiger partial charge in [0.25, 0.3) is 11.8 Å². The first-order chi connectivity index (χ1) is 14.2. The van der Waals surface area contributed by atoms with E-state index in [1.165, 1.54) is 12.0 Å². The van der Waals surface area contributed by atoms with Crippen molar-refractivity contribution in [3.8, 4) is 11.5 Å². The van der Waals surface area contributed by atoms with Gasteiger partial charge >= 0.3 is 0 Å². The van der Waals surface area contributed by atoms with Gasteiger partial charge in [0.1, 0.15) is 17.1 Å². The Hall–Kier alpha value is -3.13. The third-order valence-corrected chi connectivity index (χ3v) is 5.35. The summed E-state index contributed by atoms with van der Waals surface area (Å²) in [5.41, 5.74) is 3.28. The lowest BCUT2D eigenvalue weighted by Crippen LogP contribution is -2.54. The number of benzene rings is 1. The molecule has 1 aromatic carbocycles. The highest BCUT2D eigenvalue weighted by Crippen LogP contribution is 2.34. The summed E-state index contributed by atoms with van der Waals surface area (Å²) < 4.78 is 12.8. The van der Waals surface area contributed by atoms with Crippen LogP contribution in [0.2, 0.25) is 0 Å². The van der Waals surface area contributed by atoms with E-state index in [9.17, 15) is 9.59 Å². The van der Waals surface area contributed by atoms with Crippen LogP contribution in [0.1, 0.15) is 36.8 Å². The van der Waals surface area contributed by atoms with E-state index in [-0.39, 0.29) is 16.7 Å². The molecule has 2 amide bonds. The maximum Gasteiger partial charge on any atom is 0.270 e. The monoisotopic (exact) mass is 427 g/mol. The average molecular weight is 428 g/mol. The number of anilines is 1. The molecule has 0 unspecified atom stereocenters. The minimum absolute atomic E-state index is 0.00160. The summed E-state index contributed by atoms with van der Waals surface area (Å²) >= 11 is 5.29. The molecule has 0 spiro atoms. The van der Waals surface area contributed by atoms with Crippen molar-refractivity contribution in [1.29, 1.82) is 0 Å². The summed E-state index contributed by atoms with van der Waals surface area (Å²) in [5, 5.41) is 2.61. The molecule has 1 saturated heterocycles. The van der Waals surface area contributed by atoms with Gasteiger partial charge in [-0.15, -0.1) is 0 Å². The van der Waals surface area contributed by atoms with E-state index in [0.717, 1.165) is 17.0 Å². The molecule has 7 nitrogen and oxygen atoms in total. The number of hydrogen-bond acceptors (Lipinski definition) is 5. The minimum Gasteiger partial charge on any atom is -0.497 e. The van der Waals surface area contributed by atoms with Gasteiger partial charge in [-0.05, 0) is 69.8 Å². The third-order valence-electron chi connectivity index (χ3n) is 5.07. The van der Waals surface area contributed by atoms with Crippen LogP contribution in [0.5, 0.6) is 11.5 Å². The first-order valence-corrected chi connectivity index (χ1v) is 9.92. The molecule has 0 radical (unpaired) electrons. The van der Waals surface area contributed by atoms with E-state index < -0.39 is 11.8 Å². The molecular formula is C22H25N3O4S. The molecule has 1 N–H and O–H groups in total. The van der Waals surface area contributed by atoms with E-state index in [2.05, 4.69) is 23.7 Å². The molecule has 30 heavy (non-hydrogen) atoms. The van der Waals surface area contributed by atoms with Gasteiger partial charge in [0.05, 0.1) is 19.9 Å². The lowest BCUT2D eigenvalue weighted by molar-refractivity contribution is -0.122. The Morgan fingerprint density at radius 1 is 1.10 bits per heavy atom. The van der Waals surface area contributed by atoms with Crippen molar-refractivity contribution >= 4 is 40.9 Å². The molecule has 3 rings (SSSR count). The van der Waals surface area contributed by atoms with E-state index in [1.807, 2.05) is 19.9 Å². The van der Waals surface area contributed by atoms with Crippen molar-refractivity contribution in [2.24, 2.45) is 0 Å². The van der Waals surface area contributed by atoms with Crippen LogP contribution in [-0.4, -0.2) is 35.7 Å². The summed E-state index contributed by atoms with van der Waals surface area (Å²) in [7, 11) is 3.03. The molecule has 1 aliphatic rings. The number of rotatable bonds is 5. The second-order valence-corrected chi connectivity index (χ2v) is 7.67. The molecule has 0 aliphatic carbocycles. The van der Waals surface area contributed by atoms with Crippen LogP contribution >= 0.6 is 12.2 Å². The normalized spacial score (nSPS) is 15.8. The lowest BCUT2D eigenvalue weighted by Gasteiger charge is -2.30. The van der Waals surface area contributed by atoms with Crippen molar-refractivity contribution in [3.05, 3.63) is 46.8 Å². The van der Waals surface area contributed by atoms with Crippen LogP contribution in [-0.2, 0) is 9.59 Å². The fraction of sp³-hybridized carbons (Fsp3) is 0.318. The number of nitrogens with zero attached hydrogens (tertiary/aromatic N) is 2. The highest BCUT2D eigenvalue weighted by atomic mass is 32.1. The van der Waals surface area contributed by atoms with Gasteiger partial charge in [-0.25, -0.2) is 4.90 Å². The molecule has 0 saturated carbocycles. The topological polar surface area (TPSA) is 72.8 Å². The van der Waals surface area contributed by atoms with Crippen LogP contribution in [0.25, 0.3) is 6.08 Å². The Bertz CT molecular complexity index is 1070. The van der Waals surface area contributed by atoms with Gasteiger partial charge in [-0.1, -0.05) is 0 Å². The fourth-order valence-electron chi connectivity index (χ4n) is 3.74. The first kappa shape index (κ1) is 21.6. The van der Waals surface area contributed by atoms with Gasteiger partial charge in [-0.3, -0.25) is 14.9 Å². The van der Waals surface area contributed by atoms with Crippen molar-refractivity contribution in [3.63, 3.8) is 0 Å². The zero-order chi connectivity index (χ0) is 22.2. The number of aromatic nitrogens is 1. The van der Waals surface area contributed by atoms with Gasteiger partial charge in [0.15, 0.2) is 5.11 Å². The van der Waals surface area contributed by atoms with Crippen molar-refractivity contribution in [2.75, 3.05) is 19.1 Å². The quantitative estimate of drug-likeness (QED) is 0.449. The fourth-order valence-corrected chi connectivity index (χ4v) is 4.02. The number of ether oxygens (including phenoxy) is 2. The highest BCUT2D eigenvalue weighted by molar-refractivity contribution is 7.80. The molecule has 158 valence electrons. The van der Waals surface area contributed by atoms with E-state index in [1.54, 1.807) is 31.4 Å². The predicted octanol–water partition coefficient (Wildman–Crippen LogP) is 3.53. The summed E-state index contributed by atoms with van der Waals surface area (Å²) in [4.78, 5) is 27.2. The summed E-state index contributed by atoms with van der Waals surface area (Å²) in [6.45, 7) is 8.15. The van der Waals surface area contributed by atoms with Crippen LogP contribution < -0.4 is 19.7 Å². The molecule has 0 bridgehead atoms. The second-order valence-electron chi connectivity index (χ2n) is 7.29. The van der Waals surface area contributed by atoms with Crippen LogP contribution in [0.4, 0.5) is 5.69 Å². The zero-order valence-corrected chi connectivity index (χ0v) is 18.7. The van der Waals surface area contributed by atoms with Gasteiger partial charge in [0.2, 0.25) is 0 Å². The molecule has 2 aromatic rings. The number of amides is 2. The third kappa shape index (κ3) is 3.70. The Kier molecular flexibility index (Phi) is 5.98. The van der Waals surface area contributed by atoms with Crippen molar-refractivity contribution < 1.29 is 19.1 Å². The van der Waals surface area contributed by atoms with Crippen LogP contribution in [0.15, 0.2) is 29.8 Å². The van der Waals surface area contributed by atoms with E-state index in [0.29, 0.717) is 17.2 Å². The standard InChI is InChI=1S/C22H25N3O4S/c1-12(2)24-13(3)9-15(14(24)4)10-17-20(26)23-22(30)25(21(17)27)18-8-7-16(28-5)11-19(18)29-6/h7-12H,1-6H3,(H,23,26,30)/b17-10+. The number of nitrogens with one attached hydrogen (secondary N) is 1. The summed E-state index contributed by atoms with van der Waals surface area (Å²) in [5.74, 6) is -0.0601. The molecule has 1 fully saturated rings. The molecule has 8 heteroatoms. The highest BCUT2D eigenvalue weighted by Gasteiger charge is 2.36. The average Bonchev–Trinajstić information content (AvgIpc) is 2.98. The summed E-state index contributed by atoms with van der Waals surface area (Å²) in [6, 6.07) is 7.25. The Morgan fingerprint density at radius 3 is 2.37 bits per heavy atom. The van der Waals surface area contributed by atoms with Crippen molar-refractivity contribution in [1.82, 2.24) is 9.88 Å². The number of carbonyl (C=O) groups is 2. The number of carbonyl (C=O) groups excluding carboxylic acids is 2. The second kappa shape index (κ2) is 8.31. The number of thiocarbonyl (C=S) groups is 1. The Labute approximate surface area is 181 Å². The number of hydrogen-bond donors (Lipinski definition) is 1. The van der Waals surface area contributed by atoms with Crippen LogP contribution in [0, 0.1) is 13.8 Å². The largest absolute Gasteiger partial charge is 0.497 e. The first-order valence-electron chi connectivity index (χ1n) is 9.51. The predicted molar refractivity (Wildman–Crippen MR) is 120 cm³/mol. The van der Waals surface area contributed by atoms with E-state index in [4.69, 9.17) is 21.7 Å². The Morgan fingerprint density at radius 2 is 1.80 bits per heavy atom. The van der Waals surface area contributed by atoms with Gasteiger partial charge in [0, 0.05) is 23.5 Å². The smallest absolute Gasteiger partial charge is 0.270 e. The Balaban J connectivity index is 2.08. The summed E-state index contributed by atoms with van der Waals surface area (Å²) in [6.07, 6.45) is 1.61. The number of aryl methyl sites for hydroxylation is 1. The molecule has 1 aliphatic heterocycles. The van der Waals surface area contributed by atoms with Crippen LogP contribution in [0.3, 0.4) is 0 Å². The molecular weight excluding hydrogens is 402 g/mol. The SMILES string of the molecule is COc1ccc(N2C(=O)/C(=C/c3cc(C)n(C(C)C)c3C)C(=O)NC2=S)c(OC)c1. The molecule has 0 atom stereocenters. The van der Waals surface area contributed by atoms with E-state index >= 15 is 0 Å². The maximum atomic E-state index is 13.3. The molecule has 2 heterocycles. The number of methoxy groups -OCH3 is 2. The maximum absolute atomic E-state index is 13.3. The molecule has 1 aromatic heterocycles.